The zero-order valence-electron chi connectivity index (χ0n) is 15.2. The summed E-state index contributed by atoms with van der Waals surface area (Å²) in [6.45, 7) is 2.07. The molecule has 0 radical (unpaired) electrons. The van der Waals surface area contributed by atoms with E-state index >= 15 is 0 Å². The van der Waals surface area contributed by atoms with Crippen LogP contribution in [-0.4, -0.2) is 29.1 Å². The molecule has 1 fully saturated rings. The van der Waals surface area contributed by atoms with Gasteiger partial charge in [-0.15, -0.1) is 23.1 Å². The maximum Gasteiger partial charge on any atom is 0.417 e. The molecule has 2 aromatic rings. The van der Waals surface area contributed by atoms with Gasteiger partial charge in [-0.3, -0.25) is 9.59 Å². The van der Waals surface area contributed by atoms with Gasteiger partial charge in [0.25, 0.3) is 5.91 Å². The Morgan fingerprint density at radius 2 is 2.07 bits per heavy atom. The fourth-order valence-electron chi connectivity index (χ4n) is 2.42. The van der Waals surface area contributed by atoms with Gasteiger partial charge in [-0.1, -0.05) is 11.6 Å². The summed E-state index contributed by atoms with van der Waals surface area (Å²) >= 11 is 8.22. The van der Waals surface area contributed by atoms with Gasteiger partial charge in [0.05, 0.1) is 20.5 Å². The number of aryl methyl sites for hydroxylation is 1. The minimum absolute atomic E-state index is 0.0180. The molecular formula is C18H17ClF3N3O2S2. The van der Waals surface area contributed by atoms with Crippen LogP contribution in [0.1, 0.15) is 33.6 Å². The average molecular weight is 464 g/mol. The number of nitrogens with one attached hydrogen (secondary N) is 2. The Kier molecular flexibility index (Phi) is 6.75. The topological polar surface area (TPSA) is 71.1 Å². The summed E-state index contributed by atoms with van der Waals surface area (Å²) in [5, 5.41) is 6.40. The van der Waals surface area contributed by atoms with Crippen molar-refractivity contribution in [2.75, 3.05) is 17.6 Å². The molecule has 0 unspecified atom stereocenters. The van der Waals surface area contributed by atoms with Crippen LogP contribution in [0.4, 0.5) is 18.2 Å². The molecular weight excluding hydrogens is 447 g/mol. The number of thioether (sulfide) groups is 1. The fourth-order valence-corrected chi connectivity index (χ4v) is 4.46. The van der Waals surface area contributed by atoms with Crippen LogP contribution >= 0.6 is 34.7 Å². The number of carbonyl (C=O) groups is 2. The molecule has 0 atom stereocenters. The standard InChI is InChI=1S/C18H17ClF3N3O2S2/c1-9-6-13(25-15(26)10-2-3-10)29-14(9)16(27)23-4-5-28-17-12(19)7-11(8-24-17)18(20,21)22/h6-8,10H,2-5H2,1H3,(H,23,27)(H,25,26). The van der Waals surface area contributed by atoms with E-state index in [1.165, 1.54) is 11.3 Å². The van der Waals surface area contributed by atoms with Crippen LogP contribution in [0.2, 0.25) is 5.02 Å². The van der Waals surface area contributed by atoms with Gasteiger partial charge in [-0.05, 0) is 37.5 Å². The van der Waals surface area contributed by atoms with Crippen molar-refractivity contribution in [1.82, 2.24) is 10.3 Å². The molecule has 2 amide bonds. The van der Waals surface area contributed by atoms with E-state index < -0.39 is 11.7 Å². The lowest BCUT2D eigenvalue weighted by Gasteiger charge is -2.09. The van der Waals surface area contributed by atoms with Gasteiger partial charge in [0.1, 0.15) is 5.03 Å². The Bertz CT molecular complexity index is 930. The second-order valence-corrected chi connectivity index (χ2v) is 9.04. The molecule has 2 N–H and O–H groups in total. The Morgan fingerprint density at radius 3 is 2.69 bits per heavy atom. The minimum Gasteiger partial charge on any atom is -0.350 e. The van der Waals surface area contributed by atoms with Gasteiger partial charge in [-0.2, -0.15) is 13.2 Å². The maximum atomic E-state index is 12.6. The highest BCUT2D eigenvalue weighted by Gasteiger charge is 2.32. The highest BCUT2D eigenvalue weighted by Crippen LogP contribution is 2.34. The molecule has 1 aliphatic carbocycles. The minimum atomic E-state index is -4.50. The van der Waals surface area contributed by atoms with E-state index in [1.807, 2.05) is 0 Å². The molecule has 29 heavy (non-hydrogen) atoms. The van der Waals surface area contributed by atoms with Crippen LogP contribution in [0.5, 0.6) is 0 Å². The molecule has 0 saturated heterocycles. The summed E-state index contributed by atoms with van der Waals surface area (Å²) in [5.74, 6) is 0.179. The van der Waals surface area contributed by atoms with Gasteiger partial charge in [0.15, 0.2) is 0 Å². The molecule has 0 aromatic carbocycles. The molecule has 156 valence electrons. The number of anilines is 1. The van der Waals surface area contributed by atoms with Crippen LogP contribution < -0.4 is 10.6 Å². The summed E-state index contributed by atoms with van der Waals surface area (Å²) in [7, 11) is 0. The van der Waals surface area contributed by atoms with E-state index in [0.717, 1.165) is 42.4 Å². The van der Waals surface area contributed by atoms with Crippen molar-refractivity contribution in [2.45, 2.75) is 31.0 Å². The average Bonchev–Trinajstić information content (AvgIpc) is 3.42. The van der Waals surface area contributed by atoms with Crippen LogP contribution in [0.3, 0.4) is 0 Å². The lowest BCUT2D eigenvalue weighted by molar-refractivity contribution is -0.137. The number of carbonyl (C=O) groups excluding carboxylic acids is 2. The van der Waals surface area contributed by atoms with Gasteiger partial charge in [0, 0.05) is 24.4 Å². The number of aromatic nitrogens is 1. The van der Waals surface area contributed by atoms with Crippen LogP contribution in [0, 0.1) is 12.8 Å². The number of amides is 2. The first-order valence-corrected chi connectivity index (χ1v) is 10.9. The van der Waals surface area contributed by atoms with Crippen LogP contribution in [0.25, 0.3) is 0 Å². The predicted octanol–water partition coefficient (Wildman–Crippen LogP) is 4.99. The summed E-state index contributed by atoms with van der Waals surface area (Å²) in [4.78, 5) is 28.4. The molecule has 0 bridgehead atoms. The number of hydrogen-bond acceptors (Lipinski definition) is 5. The van der Waals surface area contributed by atoms with Crippen molar-refractivity contribution < 1.29 is 22.8 Å². The van der Waals surface area contributed by atoms with Crippen molar-refractivity contribution in [1.29, 1.82) is 0 Å². The zero-order chi connectivity index (χ0) is 21.2. The van der Waals surface area contributed by atoms with E-state index in [4.69, 9.17) is 11.6 Å². The molecule has 2 aromatic heterocycles. The lowest BCUT2D eigenvalue weighted by Crippen LogP contribution is -2.25. The van der Waals surface area contributed by atoms with Crippen molar-refractivity contribution in [2.24, 2.45) is 5.92 Å². The number of thiophene rings is 1. The van der Waals surface area contributed by atoms with Crippen molar-refractivity contribution in [3.8, 4) is 0 Å². The Balaban J connectivity index is 1.49. The Labute approximate surface area is 178 Å². The first-order valence-electron chi connectivity index (χ1n) is 8.70. The third kappa shape index (κ3) is 5.86. The quantitative estimate of drug-likeness (QED) is 0.448. The fraction of sp³-hybridized carbons (Fsp3) is 0.389. The molecule has 2 heterocycles. The van der Waals surface area contributed by atoms with E-state index in [0.29, 0.717) is 15.6 Å². The molecule has 11 heteroatoms. The van der Waals surface area contributed by atoms with E-state index in [9.17, 15) is 22.8 Å². The smallest absolute Gasteiger partial charge is 0.350 e. The van der Waals surface area contributed by atoms with Gasteiger partial charge >= 0.3 is 6.18 Å². The zero-order valence-corrected chi connectivity index (χ0v) is 17.6. The largest absolute Gasteiger partial charge is 0.417 e. The monoisotopic (exact) mass is 463 g/mol. The first-order chi connectivity index (χ1) is 13.6. The Morgan fingerprint density at radius 1 is 1.34 bits per heavy atom. The van der Waals surface area contributed by atoms with Crippen molar-refractivity contribution >= 4 is 51.5 Å². The Hall–Kier alpha value is -1.78. The second kappa shape index (κ2) is 8.93. The summed E-state index contributed by atoms with van der Waals surface area (Å²) in [6, 6.07) is 2.60. The third-order valence-corrected chi connectivity index (χ3v) is 6.64. The van der Waals surface area contributed by atoms with Crippen molar-refractivity contribution in [3.05, 3.63) is 39.4 Å². The van der Waals surface area contributed by atoms with Gasteiger partial charge in [-0.25, -0.2) is 4.98 Å². The number of halogens is 4. The molecule has 0 spiro atoms. The summed E-state index contributed by atoms with van der Waals surface area (Å²) in [5.41, 5.74) is -0.142. The molecule has 3 rings (SSSR count). The second-order valence-electron chi connectivity index (χ2n) is 6.50. The summed E-state index contributed by atoms with van der Waals surface area (Å²) in [6.07, 6.45) is -1.96. The number of rotatable bonds is 7. The number of pyridine rings is 1. The van der Waals surface area contributed by atoms with E-state index in [1.54, 1.807) is 13.0 Å². The van der Waals surface area contributed by atoms with Crippen LogP contribution in [0.15, 0.2) is 23.4 Å². The number of alkyl halides is 3. The maximum absolute atomic E-state index is 12.6. The highest BCUT2D eigenvalue weighted by molar-refractivity contribution is 7.99. The SMILES string of the molecule is Cc1cc(NC(=O)C2CC2)sc1C(=O)NCCSc1ncc(C(F)(F)F)cc1Cl. The number of hydrogen-bond donors (Lipinski definition) is 2. The van der Waals surface area contributed by atoms with E-state index in [2.05, 4.69) is 15.6 Å². The van der Waals surface area contributed by atoms with Gasteiger partial charge < -0.3 is 10.6 Å². The van der Waals surface area contributed by atoms with E-state index in [-0.39, 0.29) is 34.3 Å². The van der Waals surface area contributed by atoms with Crippen molar-refractivity contribution in [3.63, 3.8) is 0 Å². The number of nitrogens with zero attached hydrogens (tertiary/aromatic N) is 1. The molecule has 1 aliphatic rings. The summed E-state index contributed by atoms with van der Waals surface area (Å²) < 4.78 is 37.9. The normalized spacial score (nSPS) is 14.0. The predicted molar refractivity (Wildman–Crippen MR) is 108 cm³/mol. The highest BCUT2D eigenvalue weighted by atomic mass is 35.5. The third-order valence-electron chi connectivity index (χ3n) is 4.08. The molecule has 1 saturated carbocycles. The lowest BCUT2D eigenvalue weighted by atomic mass is 10.3. The van der Waals surface area contributed by atoms with Crippen LogP contribution in [-0.2, 0) is 11.0 Å². The molecule has 5 nitrogen and oxygen atoms in total. The molecule has 0 aliphatic heterocycles. The first kappa shape index (κ1) is 21.9. The van der Waals surface area contributed by atoms with Gasteiger partial charge in [0.2, 0.25) is 5.91 Å².